The van der Waals surface area contributed by atoms with Crippen LogP contribution in [0.5, 0.6) is 11.5 Å². The molecule has 0 N–H and O–H groups in total. The molecule has 0 spiro atoms. The number of carbonyl (C=O) groups is 1. The first-order valence-electron chi connectivity index (χ1n) is 9.71. The Kier molecular flexibility index (Phi) is 5.57. The maximum atomic E-state index is 13.2. The molecule has 0 unspecified atom stereocenters. The van der Waals surface area contributed by atoms with Crippen LogP contribution in [0.15, 0.2) is 55.1 Å². The van der Waals surface area contributed by atoms with E-state index in [1.165, 1.54) is 20.3 Å². The summed E-state index contributed by atoms with van der Waals surface area (Å²) < 4.78 is 14.5. The molecule has 0 aliphatic rings. The van der Waals surface area contributed by atoms with E-state index < -0.39 is 0 Å². The van der Waals surface area contributed by atoms with Crippen LogP contribution >= 0.6 is 11.6 Å². The van der Waals surface area contributed by atoms with E-state index >= 15 is 0 Å². The Hall–Kier alpha value is -3.51. The van der Waals surface area contributed by atoms with Crippen LogP contribution in [0.25, 0.3) is 22.8 Å². The molecule has 4 aromatic rings. The van der Waals surface area contributed by atoms with Gasteiger partial charge in [0, 0.05) is 6.54 Å². The van der Waals surface area contributed by atoms with Crippen molar-refractivity contribution < 1.29 is 14.3 Å². The average Bonchev–Trinajstić information content (AvgIpc) is 3.25. The zero-order valence-electron chi connectivity index (χ0n) is 17.6. The van der Waals surface area contributed by atoms with Gasteiger partial charge >= 0.3 is 0 Å². The Morgan fingerprint density at radius 2 is 1.94 bits per heavy atom. The molecule has 0 aliphatic carbocycles. The van der Waals surface area contributed by atoms with E-state index in [0.29, 0.717) is 34.3 Å². The summed E-state index contributed by atoms with van der Waals surface area (Å²) in [5.41, 5.74) is 4.63. The van der Waals surface area contributed by atoms with Crippen LogP contribution in [0.1, 0.15) is 21.6 Å². The second kappa shape index (κ2) is 8.32. The molecule has 6 nitrogen and oxygen atoms in total. The lowest BCUT2D eigenvalue weighted by molar-refractivity contribution is 0.104. The molecule has 0 bridgehead atoms. The molecule has 2 heterocycles. The number of hydrogen-bond acceptors (Lipinski definition) is 4. The Balaban J connectivity index is 1.81. The molecular formula is C24H22ClN3O3. The number of ketones is 1. The van der Waals surface area contributed by atoms with Crippen molar-refractivity contribution in [3.63, 3.8) is 0 Å². The summed E-state index contributed by atoms with van der Waals surface area (Å²) in [6, 6.07) is 11.4. The van der Waals surface area contributed by atoms with Gasteiger partial charge in [-0.1, -0.05) is 35.9 Å². The molecule has 2 aromatic heterocycles. The van der Waals surface area contributed by atoms with Gasteiger partial charge in [0.05, 0.1) is 41.5 Å². The van der Waals surface area contributed by atoms with Crippen LogP contribution in [0.3, 0.4) is 0 Å². The summed E-state index contributed by atoms with van der Waals surface area (Å²) in [7, 11) is 3.07. The number of carbonyl (C=O) groups excluding carboxylic acids is 1. The lowest BCUT2D eigenvalue weighted by atomic mass is 10.1. The highest BCUT2D eigenvalue weighted by Crippen LogP contribution is 2.36. The van der Waals surface area contributed by atoms with Gasteiger partial charge in [-0.2, -0.15) is 5.10 Å². The van der Waals surface area contributed by atoms with Crippen molar-refractivity contribution in [1.29, 1.82) is 0 Å². The summed E-state index contributed by atoms with van der Waals surface area (Å²) >= 11 is 6.28. The molecule has 4 rings (SSSR count). The van der Waals surface area contributed by atoms with Crippen molar-refractivity contribution in [1.82, 2.24) is 14.2 Å². The number of rotatable bonds is 7. The van der Waals surface area contributed by atoms with E-state index in [-0.39, 0.29) is 5.78 Å². The van der Waals surface area contributed by atoms with Gasteiger partial charge in [-0.25, -0.2) is 4.52 Å². The molecular weight excluding hydrogens is 414 g/mol. The minimum atomic E-state index is -0.147. The van der Waals surface area contributed by atoms with Crippen LogP contribution in [0.4, 0.5) is 0 Å². The highest BCUT2D eigenvalue weighted by Gasteiger charge is 2.22. The third-order valence-electron chi connectivity index (χ3n) is 5.13. The molecule has 0 radical (unpaired) electrons. The molecule has 0 fully saturated rings. The first-order valence-corrected chi connectivity index (χ1v) is 10.1. The summed E-state index contributed by atoms with van der Waals surface area (Å²) in [5.74, 6) is 0.805. The van der Waals surface area contributed by atoms with Gasteiger partial charge in [-0.15, -0.1) is 6.58 Å². The fourth-order valence-electron chi connectivity index (χ4n) is 3.81. The lowest BCUT2D eigenvalue weighted by Gasteiger charge is -2.10. The Labute approximate surface area is 184 Å². The lowest BCUT2D eigenvalue weighted by Crippen LogP contribution is -2.02. The van der Waals surface area contributed by atoms with Gasteiger partial charge in [0.1, 0.15) is 5.65 Å². The summed E-state index contributed by atoms with van der Waals surface area (Å²) in [5, 5.41) is 5.04. The fourth-order valence-corrected chi connectivity index (χ4v) is 4.11. The maximum absolute atomic E-state index is 13.2. The van der Waals surface area contributed by atoms with Gasteiger partial charge in [0.25, 0.3) is 0 Å². The number of imidazole rings is 1. The van der Waals surface area contributed by atoms with Gasteiger partial charge in [0.15, 0.2) is 17.3 Å². The van der Waals surface area contributed by atoms with Crippen molar-refractivity contribution in [2.75, 3.05) is 14.2 Å². The number of aryl methyl sites for hydroxylation is 1. The molecule has 7 heteroatoms. The number of aromatic nitrogens is 3. The molecule has 0 atom stereocenters. The van der Waals surface area contributed by atoms with E-state index in [1.807, 2.05) is 41.8 Å². The second-order valence-electron chi connectivity index (χ2n) is 7.02. The van der Waals surface area contributed by atoms with Crippen LogP contribution in [0, 0.1) is 6.92 Å². The Morgan fingerprint density at radius 3 is 2.61 bits per heavy atom. The van der Waals surface area contributed by atoms with Crippen LogP contribution in [-0.2, 0) is 6.54 Å². The van der Waals surface area contributed by atoms with Gasteiger partial charge < -0.3 is 14.0 Å². The third kappa shape index (κ3) is 3.49. The molecule has 0 saturated carbocycles. The topological polar surface area (TPSA) is 57.8 Å². The number of hydrogen-bond donors (Lipinski definition) is 0. The number of nitrogens with zero attached hydrogens (tertiary/aromatic N) is 3. The summed E-state index contributed by atoms with van der Waals surface area (Å²) in [6.07, 6.45) is 5.04. The fraction of sp³-hybridized carbons (Fsp3) is 0.167. The standard InChI is InChI=1S/C24H22ClN3O3/c1-5-12-27-18-8-6-7-9-19(18)28-24(27)22(15(2)26-28)20(29)11-10-16-13-17(25)23(31-4)21(14-16)30-3/h5-11,13-14H,1,12H2,2-4H3/b11-10+. The average molecular weight is 436 g/mol. The minimum Gasteiger partial charge on any atom is -0.493 e. The van der Waals surface area contributed by atoms with E-state index in [1.54, 1.807) is 18.2 Å². The van der Waals surface area contributed by atoms with Crippen molar-refractivity contribution in [2.45, 2.75) is 13.5 Å². The van der Waals surface area contributed by atoms with Crippen LogP contribution in [-0.4, -0.2) is 34.2 Å². The van der Waals surface area contributed by atoms with Crippen molar-refractivity contribution in [3.05, 3.63) is 77.0 Å². The SMILES string of the molecule is C=CCn1c2ccccc2n2nc(C)c(C(=O)/C=C/c3cc(Cl)c(OC)c(OC)c3)c12. The number of benzene rings is 2. The summed E-state index contributed by atoms with van der Waals surface area (Å²) in [4.78, 5) is 13.2. The monoisotopic (exact) mass is 435 g/mol. The summed E-state index contributed by atoms with van der Waals surface area (Å²) in [6.45, 7) is 6.27. The molecule has 0 amide bonds. The Bertz CT molecular complexity index is 1350. The van der Waals surface area contributed by atoms with Crippen LogP contribution in [0.2, 0.25) is 5.02 Å². The predicted molar refractivity (Wildman–Crippen MR) is 124 cm³/mol. The molecule has 158 valence electrons. The molecule has 31 heavy (non-hydrogen) atoms. The smallest absolute Gasteiger partial charge is 0.191 e. The van der Waals surface area contributed by atoms with Crippen molar-refractivity contribution in [3.8, 4) is 11.5 Å². The third-order valence-corrected chi connectivity index (χ3v) is 5.41. The molecule has 2 aromatic carbocycles. The second-order valence-corrected chi connectivity index (χ2v) is 7.43. The number of halogens is 1. The van der Waals surface area contributed by atoms with Gasteiger partial charge in [-0.3, -0.25) is 4.79 Å². The first kappa shape index (κ1) is 20.8. The maximum Gasteiger partial charge on any atom is 0.191 e. The number of methoxy groups -OCH3 is 2. The van der Waals surface area contributed by atoms with Gasteiger partial charge in [0.2, 0.25) is 0 Å². The van der Waals surface area contributed by atoms with Crippen molar-refractivity contribution in [2.24, 2.45) is 0 Å². The van der Waals surface area contributed by atoms with Crippen LogP contribution < -0.4 is 9.47 Å². The molecule has 0 saturated heterocycles. The highest BCUT2D eigenvalue weighted by atomic mass is 35.5. The number of fused-ring (bicyclic) bond motifs is 3. The predicted octanol–water partition coefficient (Wildman–Crippen LogP) is 5.35. The number of ether oxygens (including phenoxy) is 2. The highest BCUT2D eigenvalue weighted by molar-refractivity contribution is 6.32. The van der Waals surface area contributed by atoms with E-state index in [9.17, 15) is 4.79 Å². The zero-order valence-corrected chi connectivity index (χ0v) is 18.3. The minimum absolute atomic E-state index is 0.147. The van der Waals surface area contributed by atoms with E-state index in [0.717, 1.165) is 22.2 Å². The zero-order chi connectivity index (χ0) is 22.1. The quantitative estimate of drug-likeness (QED) is 0.223. The normalized spacial score (nSPS) is 11.5. The van der Waals surface area contributed by atoms with Gasteiger partial charge in [-0.05, 0) is 42.8 Å². The largest absolute Gasteiger partial charge is 0.493 e. The first-order chi connectivity index (χ1) is 15.0. The number of para-hydroxylation sites is 2. The van der Waals surface area contributed by atoms with Crippen molar-refractivity contribution >= 4 is 40.1 Å². The number of allylic oxidation sites excluding steroid dienone is 2. The van der Waals surface area contributed by atoms with E-state index in [2.05, 4.69) is 16.2 Å². The Morgan fingerprint density at radius 1 is 1.19 bits per heavy atom. The van der Waals surface area contributed by atoms with E-state index in [4.69, 9.17) is 21.1 Å². The molecule has 0 aliphatic heterocycles.